The van der Waals surface area contributed by atoms with E-state index in [1.54, 1.807) is 0 Å². The average molecular weight is 593 g/mol. The van der Waals surface area contributed by atoms with Gasteiger partial charge in [-0.05, 0) is 54.3 Å². The lowest BCUT2D eigenvalue weighted by Gasteiger charge is -2.47. The Bertz CT molecular complexity index is 1460. The summed E-state index contributed by atoms with van der Waals surface area (Å²) in [6.45, 7) is 0. The highest BCUT2D eigenvalue weighted by Crippen LogP contribution is 2.55. The zero-order chi connectivity index (χ0) is 29.6. The molecule has 1 aromatic heterocycles. The van der Waals surface area contributed by atoms with Gasteiger partial charge in [0.1, 0.15) is 10.6 Å². The van der Waals surface area contributed by atoms with Crippen LogP contribution in [0.2, 0.25) is 0 Å². The quantitative estimate of drug-likeness (QED) is 0.305. The molecule has 0 unspecified atom stereocenters. The molecule has 40 heavy (non-hydrogen) atoms. The number of halogens is 8. The van der Waals surface area contributed by atoms with E-state index in [0.29, 0.717) is 17.7 Å². The fourth-order valence-corrected chi connectivity index (χ4v) is 6.90. The molecule has 3 aromatic rings. The van der Waals surface area contributed by atoms with Crippen LogP contribution in [0.15, 0.2) is 71.9 Å². The minimum atomic E-state index is -6.35. The average Bonchev–Trinajstić information content (AvgIpc) is 2.85. The Morgan fingerprint density at radius 1 is 0.875 bits per heavy atom. The molecule has 0 radical (unpaired) electrons. The first-order chi connectivity index (χ1) is 18.5. The smallest absolute Gasteiger partial charge is 0.353 e. The monoisotopic (exact) mass is 593 g/mol. The largest absolute Gasteiger partial charge is 0.435 e. The molecule has 1 fully saturated rings. The first-order valence-corrected chi connectivity index (χ1v) is 13.0. The molecule has 0 aliphatic heterocycles. The minimum absolute atomic E-state index is 0.119. The van der Waals surface area contributed by atoms with Crippen LogP contribution >= 0.6 is 0 Å². The van der Waals surface area contributed by atoms with Gasteiger partial charge in [0.2, 0.25) is 5.91 Å². The number of alkyl halides is 7. The summed E-state index contributed by atoms with van der Waals surface area (Å²) in [6, 6.07) is 6.29. The SMILES string of the molecule is O=C(Cc1ccnnc1)N[C@H]1C[C@@](c2ccc(C(F)(C(F)(F)F)C(F)(F)F)cc2)(S(=O)(=O)c2ccc(F)cc2)C1. The van der Waals surface area contributed by atoms with Gasteiger partial charge in [-0.1, -0.05) is 24.3 Å². The van der Waals surface area contributed by atoms with Gasteiger partial charge in [0.05, 0.1) is 17.5 Å². The van der Waals surface area contributed by atoms with Gasteiger partial charge in [0.15, 0.2) is 9.84 Å². The Morgan fingerprint density at radius 2 is 1.45 bits per heavy atom. The van der Waals surface area contributed by atoms with Crippen molar-refractivity contribution in [3.8, 4) is 0 Å². The van der Waals surface area contributed by atoms with E-state index in [2.05, 4.69) is 15.5 Å². The van der Waals surface area contributed by atoms with Gasteiger partial charge in [0, 0.05) is 17.8 Å². The number of amides is 1. The van der Waals surface area contributed by atoms with Crippen molar-refractivity contribution in [2.75, 3.05) is 0 Å². The second-order valence-corrected chi connectivity index (χ2v) is 11.5. The molecular formula is C25H19F8N3O3S. The van der Waals surface area contributed by atoms with Crippen molar-refractivity contribution in [1.82, 2.24) is 15.5 Å². The standard InChI is InChI=1S/C25H19F8N3O3S/c26-18-5-7-20(8-6-18)40(38,39)22(12-19(13-22)36-21(37)11-15-9-10-34-35-14-15)16-1-3-17(4-2-16)23(27,24(28,29)30)25(31,32)33/h1-10,14,19H,11-13H2,(H,36,37)/t19-,22+. The molecule has 0 atom stereocenters. The summed E-state index contributed by atoms with van der Waals surface area (Å²) >= 11 is 0. The Hall–Kier alpha value is -3.62. The number of rotatable bonds is 7. The Kier molecular flexibility index (Phi) is 7.41. The minimum Gasteiger partial charge on any atom is -0.353 e. The number of hydrogen-bond donors (Lipinski definition) is 1. The van der Waals surface area contributed by atoms with Gasteiger partial charge >= 0.3 is 18.0 Å². The number of hydrogen-bond acceptors (Lipinski definition) is 5. The van der Waals surface area contributed by atoms with Crippen LogP contribution in [0.4, 0.5) is 35.1 Å². The topological polar surface area (TPSA) is 89.0 Å². The summed E-state index contributed by atoms with van der Waals surface area (Å²) in [5, 5.41) is 9.85. The lowest BCUT2D eigenvalue weighted by molar-refractivity contribution is -0.348. The van der Waals surface area contributed by atoms with Crippen molar-refractivity contribution in [3.05, 3.63) is 89.5 Å². The third kappa shape index (κ3) is 5.02. The van der Waals surface area contributed by atoms with Gasteiger partial charge < -0.3 is 5.32 Å². The zero-order valence-electron chi connectivity index (χ0n) is 20.1. The molecule has 0 spiro atoms. The summed E-state index contributed by atoms with van der Waals surface area (Å²) in [4.78, 5) is 12.1. The molecule has 0 bridgehead atoms. The maximum atomic E-state index is 14.5. The number of sulfone groups is 1. The molecule has 1 aliphatic carbocycles. The predicted molar refractivity (Wildman–Crippen MR) is 124 cm³/mol. The molecule has 2 aromatic carbocycles. The highest BCUT2D eigenvalue weighted by atomic mass is 32.2. The molecule has 4 rings (SSSR count). The van der Waals surface area contributed by atoms with Crippen LogP contribution in [0.3, 0.4) is 0 Å². The second-order valence-electron chi connectivity index (χ2n) is 9.28. The summed E-state index contributed by atoms with van der Waals surface area (Å²) < 4.78 is 133. The molecule has 0 saturated heterocycles. The first-order valence-electron chi connectivity index (χ1n) is 11.5. The van der Waals surface area contributed by atoms with Crippen molar-refractivity contribution in [2.24, 2.45) is 0 Å². The van der Waals surface area contributed by atoms with Crippen molar-refractivity contribution in [1.29, 1.82) is 0 Å². The molecule has 1 saturated carbocycles. The van der Waals surface area contributed by atoms with Crippen molar-refractivity contribution in [2.45, 2.75) is 53.0 Å². The summed E-state index contributed by atoms with van der Waals surface area (Å²) in [7, 11) is -4.44. The van der Waals surface area contributed by atoms with Gasteiger partial charge in [0.25, 0.3) is 0 Å². The van der Waals surface area contributed by atoms with Crippen molar-refractivity contribution in [3.63, 3.8) is 0 Å². The van der Waals surface area contributed by atoms with Gasteiger partial charge in [-0.2, -0.15) is 36.5 Å². The Morgan fingerprint density at radius 3 is 1.95 bits per heavy atom. The molecule has 15 heteroatoms. The number of nitrogens with one attached hydrogen (secondary N) is 1. The van der Waals surface area contributed by atoms with Crippen LogP contribution in [0, 0.1) is 5.82 Å². The zero-order valence-corrected chi connectivity index (χ0v) is 20.9. The van der Waals surface area contributed by atoms with Gasteiger partial charge in [-0.15, -0.1) is 0 Å². The number of benzene rings is 2. The van der Waals surface area contributed by atoms with E-state index in [4.69, 9.17) is 0 Å². The lowest BCUT2D eigenvalue weighted by Crippen LogP contribution is -2.57. The van der Waals surface area contributed by atoms with Crippen LogP contribution in [0.5, 0.6) is 0 Å². The van der Waals surface area contributed by atoms with E-state index in [1.807, 2.05) is 0 Å². The van der Waals surface area contributed by atoms with Gasteiger partial charge in [-0.25, -0.2) is 17.2 Å². The molecule has 6 nitrogen and oxygen atoms in total. The number of carbonyl (C=O) groups is 1. The molecular weight excluding hydrogens is 574 g/mol. The Labute approximate surface area is 222 Å². The fourth-order valence-electron chi connectivity index (χ4n) is 4.67. The highest BCUT2D eigenvalue weighted by molar-refractivity contribution is 7.92. The van der Waals surface area contributed by atoms with Crippen LogP contribution < -0.4 is 5.32 Å². The second kappa shape index (κ2) is 10.1. The van der Waals surface area contributed by atoms with Crippen LogP contribution in [0.25, 0.3) is 0 Å². The molecule has 1 aliphatic rings. The molecule has 1 amide bonds. The van der Waals surface area contributed by atoms with E-state index in [9.17, 15) is 48.3 Å². The van der Waals surface area contributed by atoms with Crippen molar-refractivity contribution >= 4 is 15.7 Å². The third-order valence-corrected chi connectivity index (χ3v) is 9.25. The lowest BCUT2D eigenvalue weighted by atomic mass is 9.74. The first kappa shape index (κ1) is 29.4. The van der Waals surface area contributed by atoms with E-state index in [-0.39, 0.29) is 41.9 Å². The number of nitrogens with zero attached hydrogens (tertiary/aromatic N) is 2. The maximum Gasteiger partial charge on any atom is 0.435 e. The normalized spacial score (nSPS) is 20.1. The van der Waals surface area contributed by atoms with Crippen molar-refractivity contribution < 1.29 is 48.3 Å². The molecule has 1 N–H and O–H groups in total. The number of carbonyl (C=O) groups excluding carboxylic acids is 1. The van der Waals surface area contributed by atoms with Crippen LogP contribution in [-0.4, -0.2) is 42.9 Å². The number of aromatic nitrogens is 2. The highest BCUT2D eigenvalue weighted by Gasteiger charge is 2.73. The van der Waals surface area contributed by atoms with E-state index < -0.39 is 55.9 Å². The molecule has 214 valence electrons. The van der Waals surface area contributed by atoms with Crippen LogP contribution in [-0.2, 0) is 31.5 Å². The summed E-state index contributed by atoms with van der Waals surface area (Å²) in [6.07, 6.45) is -10.7. The van der Waals surface area contributed by atoms with Crippen LogP contribution in [0.1, 0.15) is 29.5 Å². The van der Waals surface area contributed by atoms with Gasteiger partial charge in [-0.3, -0.25) is 4.79 Å². The molecule has 1 heterocycles. The third-order valence-electron chi connectivity index (χ3n) is 6.76. The maximum absolute atomic E-state index is 14.5. The summed E-state index contributed by atoms with van der Waals surface area (Å²) in [5.41, 5.74) is -7.19. The predicted octanol–water partition coefficient (Wildman–Crippen LogP) is 5.10. The fraction of sp³-hybridized carbons (Fsp3) is 0.320. The van der Waals surface area contributed by atoms with E-state index in [1.165, 1.54) is 18.5 Å². The van der Waals surface area contributed by atoms with E-state index >= 15 is 0 Å². The Balaban J connectivity index is 1.68. The van der Waals surface area contributed by atoms with E-state index in [0.717, 1.165) is 24.3 Å². The summed E-state index contributed by atoms with van der Waals surface area (Å²) in [5.74, 6) is -1.25.